The molecule has 10 heteroatoms. The number of hydrogen-bond donors (Lipinski definition) is 1. The van der Waals surface area contributed by atoms with Crippen LogP contribution in [-0.2, 0) is 16.1 Å². The summed E-state index contributed by atoms with van der Waals surface area (Å²) >= 11 is 7.02. The molecule has 0 aliphatic carbocycles. The highest BCUT2D eigenvalue weighted by atomic mass is 32.2. The number of ether oxygens (including phenoxy) is 2. The molecule has 8 nitrogen and oxygen atoms in total. The second kappa shape index (κ2) is 9.90. The zero-order valence-corrected chi connectivity index (χ0v) is 19.4. The lowest BCUT2D eigenvalue weighted by atomic mass is 9.92. The summed E-state index contributed by atoms with van der Waals surface area (Å²) in [5, 5.41) is 20.8. The number of β-lactam (4-membered cyclic amide) rings is 1. The van der Waals surface area contributed by atoms with Crippen molar-refractivity contribution in [2.24, 2.45) is 5.92 Å². The van der Waals surface area contributed by atoms with Crippen molar-refractivity contribution in [3.05, 3.63) is 80.9 Å². The molecule has 2 aliphatic rings. The van der Waals surface area contributed by atoms with Crippen molar-refractivity contribution in [1.29, 1.82) is 0 Å². The summed E-state index contributed by atoms with van der Waals surface area (Å²) in [6, 6.07) is 15.5. The van der Waals surface area contributed by atoms with Crippen LogP contribution in [0.5, 0.6) is 5.75 Å². The second-order valence-corrected chi connectivity index (χ2v) is 9.25. The first-order chi connectivity index (χ1) is 15.9. The van der Waals surface area contributed by atoms with E-state index in [-0.39, 0.29) is 28.6 Å². The number of nitro benzene ring substituents is 1. The Labute approximate surface area is 200 Å². The van der Waals surface area contributed by atoms with Crippen LogP contribution in [0.25, 0.3) is 0 Å². The SMILES string of the molecule is C[C@H](O)[C@@H]1C(=O)N2C(C(=S)OCc3ccc([N+](=O)[O-])cc3)=C(CCOc3ccccc3)S[C@H]12. The van der Waals surface area contributed by atoms with Gasteiger partial charge in [-0.1, -0.05) is 18.2 Å². The van der Waals surface area contributed by atoms with Gasteiger partial charge in [-0.05, 0) is 49.0 Å². The third-order valence-corrected chi connectivity index (χ3v) is 7.16. The Morgan fingerprint density at radius 1 is 1.24 bits per heavy atom. The zero-order valence-electron chi connectivity index (χ0n) is 17.7. The maximum Gasteiger partial charge on any atom is 0.269 e. The average Bonchev–Trinajstić information content (AvgIpc) is 3.12. The minimum atomic E-state index is -0.762. The molecule has 2 heterocycles. The topological polar surface area (TPSA) is 102 Å². The van der Waals surface area contributed by atoms with E-state index in [1.54, 1.807) is 24.0 Å². The molecule has 1 saturated heterocycles. The number of fused-ring (bicyclic) bond motifs is 1. The summed E-state index contributed by atoms with van der Waals surface area (Å²) in [5.74, 6) is 0.0774. The molecule has 0 bridgehead atoms. The number of nitrogens with zero attached hydrogens (tertiary/aromatic N) is 2. The van der Waals surface area contributed by atoms with E-state index in [0.29, 0.717) is 18.7 Å². The summed E-state index contributed by atoms with van der Waals surface area (Å²) < 4.78 is 11.6. The van der Waals surface area contributed by atoms with Crippen LogP contribution in [0.2, 0.25) is 0 Å². The molecule has 3 atom stereocenters. The number of nitro groups is 1. The Balaban J connectivity index is 1.46. The van der Waals surface area contributed by atoms with Gasteiger partial charge in [0.05, 0.1) is 23.6 Å². The summed E-state index contributed by atoms with van der Waals surface area (Å²) in [4.78, 5) is 25.6. The molecule has 1 N–H and O–H groups in total. The standard InChI is InChI=1S/C23H22N2O6S2/c1-14(26)19-21(27)24-20(23(32)31-13-15-7-9-16(10-8-15)25(28)29)18(33-22(19)24)11-12-30-17-5-3-2-4-6-17/h2-10,14,19,22,26H,11-13H2,1H3/t14-,19+,22+/m0/s1. The summed E-state index contributed by atoms with van der Waals surface area (Å²) in [6.07, 6.45) is -0.232. The number of aliphatic hydroxyl groups is 1. The van der Waals surface area contributed by atoms with E-state index in [2.05, 4.69) is 0 Å². The fourth-order valence-electron chi connectivity index (χ4n) is 3.73. The quantitative estimate of drug-likeness (QED) is 0.245. The molecular weight excluding hydrogens is 464 g/mol. The number of hydrogen-bond acceptors (Lipinski definition) is 8. The molecule has 2 aromatic rings. The van der Waals surface area contributed by atoms with E-state index in [4.69, 9.17) is 21.7 Å². The molecular formula is C23H22N2O6S2. The van der Waals surface area contributed by atoms with Gasteiger partial charge in [-0.3, -0.25) is 19.8 Å². The Bertz CT molecular complexity index is 1090. The number of aliphatic hydroxyl groups excluding tert-OH is 1. The van der Waals surface area contributed by atoms with Crippen LogP contribution < -0.4 is 4.74 Å². The normalized spacial score (nSPS) is 20.2. The molecule has 33 heavy (non-hydrogen) atoms. The van der Waals surface area contributed by atoms with Gasteiger partial charge >= 0.3 is 0 Å². The van der Waals surface area contributed by atoms with Crippen molar-refractivity contribution in [1.82, 2.24) is 4.90 Å². The first kappa shape index (κ1) is 23.2. The molecule has 0 radical (unpaired) electrons. The van der Waals surface area contributed by atoms with Crippen molar-refractivity contribution in [2.75, 3.05) is 6.61 Å². The number of non-ortho nitro benzene ring substituents is 1. The molecule has 0 saturated carbocycles. The maximum absolute atomic E-state index is 12.7. The van der Waals surface area contributed by atoms with E-state index in [9.17, 15) is 20.0 Å². The van der Waals surface area contributed by atoms with Crippen molar-refractivity contribution >= 4 is 40.6 Å². The van der Waals surface area contributed by atoms with E-state index in [1.807, 2.05) is 30.3 Å². The van der Waals surface area contributed by atoms with Gasteiger partial charge in [-0.15, -0.1) is 11.8 Å². The van der Waals surface area contributed by atoms with E-state index < -0.39 is 16.9 Å². The Morgan fingerprint density at radius 2 is 1.94 bits per heavy atom. The van der Waals surface area contributed by atoms with Crippen molar-refractivity contribution in [3.63, 3.8) is 0 Å². The maximum atomic E-state index is 12.7. The number of carbonyl (C=O) groups excluding carboxylic acids is 1. The molecule has 4 rings (SSSR count). The molecule has 0 unspecified atom stereocenters. The smallest absolute Gasteiger partial charge is 0.269 e. The highest BCUT2D eigenvalue weighted by Gasteiger charge is 2.56. The predicted molar refractivity (Wildman–Crippen MR) is 127 cm³/mol. The number of para-hydroxylation sites is 1. The number of thiocarbonyl (C=S) groups is 1. The Morgan fingerprint density at radius 3 is 2.58 bits per heavy atom. The minimum absolute atomic E-state index is 0.00453. The van der Waals surface area contributed by atoms with Gasteiger partial charge in [0.25, 0.3) is 5.69 Å². The zero-order chi connectivity index (χ0) is 23.5. The summed E-state index contributed by atoms with van der Waals surface area (Å²) in [6.45, 7) is 2.13. The monoisotopic (exact) mass is 486 g/mol. The fraction of sp³-hybridized carbons (Fsp3) is 0.304. The van der Waals surface area contributed by atoms with Gasteiger partial charge in [-0.2, -0.15) is 0 Å². The number of benzene rings is 2. The molecule has 2 aromatic carbocycles. The van der Waals surface area contributed by atoms with Gasteiger partial charge in [0.1, 0.15) is 23.4 Å². The van der Waals surface area contributed by atoms with E-state index in [1.165, 1.54) is 23.9 Å². The van der Waals surface area contributed by atoms with Crippen molar-refractivity contribution < 1.29 is 24.3 Å². The second-order valence-electron chi connectivity index (χ2n) is 7.67. The molecule has 2 aliphatic heterocycles. The first-order valence-corrected chi connectivity index (χ1v) is 11.6. The predicted octanol–water partition coefficient (Wildman–Crippen LogP) is 4.03. The lowest BCUT2D eigenvalue weighted by Gasteiger charge is -2.44. The van der Waals surface area contributed by atoms with Gasteiger partial charge in [-0.25, -0.2) is 0 Å². The third kappa shape index (κ3) is 4.87. The Kier molecular flexibility index (Phi) is 6.96. The lowest BCUT2D eigenvalue weighted by Crippen LogP contribution is -2.60. The highest BCUT2D eigenvalue weighted by Crippen LogP contribution is 2.51. The fourth-order valence-corrected chi connectivity index (χ4v) is 5.67. The molecule has 0 spiro atoms. The van der Waals surface area contributed by atoms with Crippen LogP contribution in [0.15, 0.2) is 65.2 Å². The van der Waals surface area contributed by atoms with Crippen LogP contribution >= 0.6 is 24.0 Å². The number of thioether (sulfide) groups is 1. The van der Waals surface area contributed by atoms with Gasteiger partial charge in [0.15, 0.2) is 0 Å². The average molecular weight is 487 g/mol. The molecule has 0 aromatic heterocycles. The van der Waals surface area contributed by atoms with Crippen LogP contribution in [0.4, 0.5) is 5.69 Å². The summed E-state index contributed by atoms with van der Waals surface area (Å²) in [7, 11) is 0. The molecule has 1 amide bonds. The first-order valence-electron chi connectivity index (χ1n) is 10.4. The van der Waals surface area contributed by atoms with E-state index in [0.717, 1.165) is 16.2 Å². The lowest BCUT2D eigenvalue weighted by molar-refractivity contribution is -0.384. The van der Waals surface area contributed by atoms with Gasteiger partial charge in [0, 0.05) is 23.5 Å². The van der Waals surface area contributed by atoms with Crippen molar-refractivity contribution in [3.8, 4) is 5.75 Å². The Hall–Kier alpha value is -2.95. The van der Waals surface area contributed by atoms with Gasteiger partial charge < -0.3 is 14.6 Å². The molecule has 1 fully saturated rings. The summed E-state index contributed by atoms with van der Waals surface area (Å²) in [5.41, 5.74) is 1.26. The number of amides is 1. The van der Waals surface area contributed by atoms with Crippen LogP contribution in [0.1, 0.15) is 18.9 Å². The van der Waals surface area contributed by atoms with E-state index >= 15 is 0 Å². The third-order valence-electron chi connectivity index (χ3n) is 5.42. The van der Waals surface area contributed by atoms with Crippen molar-refractivity contribution in [2.45, 2.75) is 31.4 Å². The van der Waals surface area contributed by atoms with Crippen LogP contribution in [-0.4, -0.2) is 44.0 Å². The number of carbonyl (C=O) groups is 1. The van der Waals surface area contributed by atoms with Crippen LogP contribution in [0.3, 0.4) is 0 Å². The molecule has 172 valence electrons. The number of rotatable bonds is 9. The largest absolute Gasteiger partial charge is 0.493 e. The van der Waals surface area contributed by atoms with Gasteiger partial charge in [0.2, 0.25) is 11.0 Å². The highest BCUT2D eigenvalue weighted by molar-refractivity contribution is 8.04. The van der Waals surface area contributed by atoms with Crippen LogP contribution in [0, 0.1) is 16.0 Å². The minimum Gasteiger partial charge on any atom is -0.493 e.